The maximum atomic E-state index is 5.76. The van der Waals surface area contributed by atoms with Gasteiger partial charge in [-0.1, -0.05) is 6.42 Å². The number of nitrogens with zero attached hydrogens (tertiary/aromatic N) is 4. The average molecular weight is 445 g/mol. The van der Waals surface area contributed by atoms with Crippen molar-refractivity contribution in [1.29, 1.82) is 0 Å². The highest BCUT2D eigenvalue weighted by Crippen LogP contribution is 2.26. The van der Waals surface area contributed by atoms with Crippen LogP contribution in [0.25, 0.3) is 0 Å². The Morgan fingerprint density at radius 2 is 1.97 bits per heavy atom. The van der Waals surface area contributed by atoms with Gasteiger partial charge in [0.25, 0.3) is 0 Å². The van der Waals surface area contributed by atoms with Crippen LogP contribution in [-0.4, -0.2) is 61.7 Å². The normalized spacial score (nSPS) is 19.0. The van der Waals surface area contributed by atoms with Gasteiger partial charge in [0.05, 0.1) is 24.5 Å². The summed E-state index contributed by atoms with van der Waals surface area (Å²) in [6.45, 7) is 9.00. The minimum Gasteiger partial charge on any atom is -0.468 e. The van der Waals surface area contributed by atoms with Gasteiger partial charge in [-0.25, -0.2) is 4.98 Å². The molecule has 2 fully saturated rings. The molecule has 0 bridgehead atoms. The van der Waals surface area contributed by atoms with E-state index >= 15 is 0 Å². The maximum Gasteiger partial charge on any atom is 0.191 e. The predicted octanol–water partition coefficient (Wildman–Crippen LogP) is 3.66. The quantitative estimate of drug-likeness (QED) is 0.454. The van der Waals surface area contributed by atoms with Crippen LogP contribution in [0.1, 0.15) is 56.5 Å². The molecule has 2 saturated heterocycles. The second-order valence-corrected chi connectivity index (χ2v) is 9.18. The molecule has 2 aromatic heterocycles. The molecule has 7 nitrogen and oxygen atoms in total. The van der Waals surface area contributed by atoms with Gasteiger partial charge in [-0.2, -0.15) is 0 Å². The highest BCUT2D eigenvalue weighted by molar-refractivity contribution is 7.13. The first-order chi connectivity index (χ1) is 15.3. The summed E-state index contributed by atoms with van der Waals surface area (Å²) < 4.78 is 5.76. The van der Waals surface area contributed by atoms with Crippen molar-refractivity contribution in [2.24, 2.45) is 4.99 Å². The SMILES string of the molecule is CCNC(=NCC(c1ccco1)N1CCCCC1)NCCc1csc(N2CCCC2)n1. The Balaban J connectivity index is 1.32. The molecule has 2 aliphatic rings. The number of furan rings is 1. The van der Waals surface area contributed by atoms with Crippen molar-refractivity contribution in [3.8, 4) is 0 Å². The number of aromatic nitrogens is 1. The lowest BCUT2D eigenvalue weighted by molar-refractivity contribution is 0.150. The number of piperidine rings is 1. The van der Waals surface area contributed by atoms with Crippen LogP contribution in [0.2, 0.25) is 0 Å². The first-order valence-corrected chi connectivity index (χ1v) is 12.7. The summed E-state index contributed by atoms with van der Waals surface area (Å²) in [7, 11) is 0. The summed E-state index contributed by atoms with van der Waals surface area (Å²) in [6, 6.07) is 4.26. The third-order valence-electron chi connectivity index (χ3n) is 6.06. The zero-order valence-electron chi connectivity index (χ0n) is 18.7. The summed E-state index contributed by atoms with van der Waals surface area (Å²) in [4.78, 5) is 14.7. The van der Waals surface area contributed by atoms with Gasteiger partial charge < -0.3 is 20.0 Å². The van der Waals surface area contributed by atoms with Crippen LogP contribution < -0.4 is 15.5 Å². The highest BCUT2D eigenvalue weighted by atomic mass is 32.1. The van der Waals surface area contributed by atoms with Crippen LogP contribution in [0, 0.1) is 0 Å². The molecule has 0 aliphatic carbocycles. The Hall–Kier alpha value is -2.06. The van der Waals surface area contributed by atoms with Crippen molar-refractivity contribution >= 4 is 22.4 Å². The lowest BCUT2D eigenvalue weighted by Crippen LogP contribution is -2.40. The number of hydrogen-bond donors (Lipinski definition) is 2. The van der Waals surface area contributed by atoms with Crippen LogP contribution in [0.15, 0.2) is 33.2 Å². The Morgan fingerprint density at radius 1 is 1.16 bits per heavy atom. The molecule has 4 rings (SSSR count). The standard InChI is InChI=1S/C23H36N6OS/c1-2-24-22(25-11-10-19-18-31-23(27-19)29-14-6-7-15-29)26-17-20(21-9-8-16-30-21)28-12-4-3-5-13-28/h8-9,16,18,20H,2-7,10-15,17H2,1H3,(H2,24,25,26). The van der Waals surface area contributed by atoms with Crippen LogP contribution in [0.5, 0.6) is 0 Å². The fourth-order valence-corrected chi connectivity index (χ4v) is 5.30. The largest absolute Gasteiger partial charge is 0.468 e. The molecule has 0 aromatic carbocycles. The van der Waals surface area contributed by atoms with E-state index in [1.165, 1.54) is 37.2 Å². The van der Waals surface area contributed by atoms with Crippen molar-refractivity contribution in [2.45, 2.75) is 51.5 Å². The zero-order chi connectivity index (χ0) is 21.3. The van der Waals surface area contributed by atoms with E-state index in [0.717, 1.165) is 63.1 Å². The first-order valence-electron chi connectivity index (χ1n) is 11.8. The summed E-state index contributed by atoms with van der Waals surface area (Å²) in [5.41, 5.74) is 1.16. The lowest BCUT2D eigenvalue weighted by Gasteiger charge is -2.32. The number of thiazole rings is 1. The predicted molar refractivity (Wildman–Crippen MR) is 128 cm³/mol. The number of guanidine groups is 1. The molecule has 2 N–H and O–H groups in total. The van der Waals surface area contributed by atoms with Gasteiger partial charge in [-0.05, 0) is 57.8 Å². The van der Waals surface area contributed by atoms with Crippen molar-refractivity contribution in [3.05, 3.63) is 35.2 Å². The topological polar surface area (TPSA) is 68.9 Å². The first kappa shape index (κ1) is 22.1. The van der Waals surface area contributed by atoms with Gasteiger partial charge in [0.1, 0.15) is 5.76 Å². The Bertz CT molecular complexity index is 793. The van der Waals surface area contributed by atoms with E-state index in [0.29, 0.717) is 6.54 Å². The van der Waals surface area contributed by atoms with Crippen molar-refractivity contribution < 1.29 is 4.42 Å². The smallest absolute Gasteiger partial charge is 0.191 e. The minimum absolute atomic E-state index is 0.201. The Kier molecular flexibility index (Phi) is 8.24. The molecule has 2 aromatic rings. The molecule has 0 spiro atoms. The number of nitrogens with one attached hydrogen (secondary N) is 2. The van der Waals surface area contributed by atoms with Crippen LogP contribution in [-0.2, 0) is 6.42 Å². The fourth-order valence-electron chi connectivity index (χ4n) is 4.39. The second kappa shape index (κ2) is 11.5. The van der Waals surface area contributed by atoms with Crippen molar-refractivity contribution in [1.82, 2.24) is 20.5 Å². The molecule has 170 valence electrons. The van der Waals surface area contributed by atoms with Crippen molar-refractivity contribution in [3.63, 3.8) is 0 Å². The number of rotatable bonds is 9. The molecule has 4 heterocycles. The van der Waals surface area contributed by atoms with Gasteiger partial charge in [0, 0.05) is 38.0 Å². The monoisotopic (exact) mass is 444 g/mol. The molecule has 31 heavy (non-hydrogen) atoms. The minimum atomic E-state index is 0.201. The van der Waals surface area contributed by atoms with E-state index in [1.54, 1.807) is 17.6 Å². The summed E-state index contributed by atoms with van der Waals surface area (Å²) in [5, 5.41) is 10.3. The van der Waals surface area contributed by atoms with Crippen LogP contribution in [0.4, 0.5) is 5.13 Å². The average Bonchev–Trinajstić information content (AvgIpc) is 3.57. The van der Waals surface area contributed by atoms with Gasteiger partial charge in [0.2, 0.25) is 0 Å². The van der Waals surface area contributed by atoms with E-state index < -0.39 is 0 Å². The molecule has 8 heteroatoms. The number of anilines is 1. The van der Waals surface area contributed by atoms with E-state index in [-0.39, 0.29) is 6.04 Å². The molecule has 0 amide bonds. The van der Waals surface area contributed by atoms with Gasteiger partial charge in [-0.15, -0.1) is 11.3 Å². The molecule has 2 aliphatic heterocycles. The third-order valence-corrected chi connectivity index (χ3v) is 7.01. The van der Waals surface area contributed by atoms with Gasteiger partial charge in [0.15, 0.2) is 11.1 Å². The zero-order valence-corrected chi connectivity index (χ0v) is 19.5. The molecule has 0 saturated carbocycles. The molecular weight excluding hydrogens is 408 g/mol. The Morgan fingerprint density at radius 3 is 2.71 bits per heavy atom. The number of likely N-dealkylation sites (tertiary alicyclic amines) is 1. The Labute approximate surface area is 189 Å². The maximum absolute atomic E-state index is 5.76. The van der Waals surface area contributed by atoms with E-state index in [2.05, 4.69) is 38.8 Å². The number of aliphatic imine (C=N–C) groups is 1. The van der Waals surface area contributed by atoms with Crippen LogP contribution in [0.3, 0.4) is 0 Å². The van der Waals surface area contributed by atoms with Crippen LogP contribution >= 0.6 is 11.3 Å². The second-order valence-electron chi connectivity index (χ2n) is 8.34. The van der Waals surface area contributed by atoms with E-state index in [4.69, 9.17) is 14.4 Å². The van der Waals surface area contributed by atoms with Gasteiger partial charge >= 0.3 is 0 Å². The van der Waals surface area contributed by atoms with E-state index in [1.807, 2.05) is 6.07 Å². The van der Waals surface area contributed by atoms with E-state index in [9.17, 15) is 0 Å². The molecular formula is C23H36N6OS. The number of hydrogen-bond acceptors (Lipinski definition) is 6. The van der Waals surface area contributed by atoms with Gasteiger partial charge in [-0.3, -0.25) is 9.89 Å². The lowest BCUT2D eigenvalue weighted by atomic mass is 10.1. The summed E-state index contributed by atoms with van der Waals surface area (Å²) in [5.74, 6) is 1.88. The molecule has 1 atom stereocenters. The molecule has 1 unspecified atom stereocenters. The summed E-state index contributed by atoms with van der Waals surface area (Å²) in [6.07, 6.45) is 9.08. The third kappa shape index (κ3) is 6.23. The highest BCUT2D eigenvalue weighted by Gasteiger charge is 2.24. The fraction of sp³-hybridized carbons (Fsp3) is 0.652. The summed E-state index contributed by atoms with van der Waals surface area (Å²) >= 11 is 1.77. The van der Waals surface area contributed by atoms with Crippen molar-refractivity contribution in [2.75, 3.05) is 50.7 Å². The molecule has 0 radical (unpaired) electrons.